The van der Waals surface area contributed by atoms with E-state index in [-0.39, 0.29) is 12.4 Å². The minimum atomic E-state index is -0.301. The predicted molar refractivity (Wildman–Crippen MR) is 64.4 cm³/mol. The van der Waals surface area contributed by atoms with Crippen LogP contribution in [0.4, 0.5) is 0 Å². The number of carbonyl (C=O) groups is 1. The Bertz CT molecular complexity index is 380. The van der Waals surface area contributed by atoms with Crippen molar-refractivity contribution >= 4 is 45.1 Å². The molecule has 5 heteroatoms. The second kappa shape index (κ2) is 5.73. The first-order valence-electron chi connectivity index (χ1n) is 4.18. The van der Waals surface area contributed by atoms with Gasteiger partial charge in [-0.25, -0.2) is 0 Å². The molecule has 0 saturated carbocycles. The lowest BCUT2D eigenvalue weighted by atomic mass is 10.1. The molecule has 0 aliphatic heterocycles. The van der Waals surface area contributed by atoms with Crippen LogP contribution in [0.5, 0.6) is 0 Å². The van der Waals surface area contributed by atoms with Crippen molar-refractivity contribution in [3.8, 4) is 0 Å². The number of rotatable bonds is 3. The van der Waals surface area contributed by atoms with E-state index in [1.165, 1.54) is 7.11 Å². The Morgan fingerprint density at radius 1 is 1.47 bits per heavy atom. The van der Waals surface area contributed by atoms with Crippen molar-refractivity contribution in [3.05, 3.63) is 32.8 Å². The molecule has 0 fully saturated rings. The summed E-state index contributed by atoms with van der Waals surface area (Å²) < 4.78 is 5.39. The van der Waals surface area contributed by atoms with Crippen LogP contribution in [0, 0.1) is 0 Å². The van der Waals surface area contributed by atoms with Crippen LogP contribution in [0.2, 0.25) is 5.02 Å². The summed E-state index contributed by atoms with van der Waals surface area (Å²) in [7, 11) is 1.35. The molecule has 0 saturated heterocycles. The number of hydrogen-bond donors (Lipinski definition) is 0. The standard InChI is InChI=1S/C10H9BrCl2O2/c1-15-10(14)4-6-3-9(13)7(5-12)2-8(6)11/h2-3H,4-5H2,1H3. The average molecular weight is 312 g/mol. The maximum absolute atomic E-state index is 11.1. The van der Waals surface area contributed by atoms with E-state index in [1.807, 2.05) is 6.07 Å². The smallest absolute Gasteiger partial charge is 0.310 e. The van der Waals surface area contributed by atoms with Gasteiger partial charge in [-0.3, -0.25) is 4.79 Å². The van der Waals surface area contributed by atoms with E-state index in [4.69, 9.17) is 23.2 Å². The number of esters is 1. The van der Waals surface area contributed by atoms with Crippen LogP contribution >= 0.6 is 39.1 Å². The number of halogens is 3. The monoisotopic (exact) mass is 310 g/mol. The third-order valence-corrected chi connectivity index (χ3v) is 3.30. The number of alkyl halides is 1. The van der Waals surface area contributed by atoms with Gasteiger partial charge in [-0.05, 0) is 23.3 Å². The molecule has 0 radical (unpaired) electrons. The van der Waals surface area contributed by atoms with Crippen LogP contribution in [0.1, 0.15) is 11.1 Å². The molecule has 0 heterocycles. The fourth-order valence-corrected chi connectivity index (χ4v) is 2.17. The Kier molecular flexibility index (Phi) is 4.90. The molecule has 0 N–H and O–H groups in total. The van der Waals surface area contributed by atoms with Crippen molar-refractivity contribution in [2.45, 2.75) is 12.3 Å². The number of benzene rings is 1. The van der Waals surface area contributed by atoms with Crippen LogP contribution in [-0.2, 0) is 21.8 Å². The Balaban J connectivity index is 3.00. The fraction of sp³-hybridized carbons (Fsp3) is 0.300. The third kappa shape index (κ3) is 3.37. The lowest BCUT2D eigenvalue weighted by Gasteiger charge is -2.07. The van der Waals surface area contributed by atoms with Crippen LogP contribution in [-0.4, -0.2) is 13.1 Å². The molecule has 0 unspecified atom stereocenters. The van der Waals surface area contributed by atoms with Gasteiger partial charge in [0.25, 0.3) is 0 Å². The summed E-state index contributed by atoms with van der Waals surface area (Å²) in [6, 6.07) is 3.54. The average Bonchev–Trinajstić information content (AvgIpc) is 2.22. The summed E-state index contributed by atoms with van der Waals surface area (Å²) in [5.74, 6) is 0.0426. The van der Waals surface area contributed by atoms with Crippen molar-refractivity contribution in [1.82, 2.24) is 0 Å². The van der Waals surface area contributed by atoms with Crippen LogP contribution in [0.25, 0.3) is 0 Å². The van der Waals surface area contributed by atoms with E-state index in [1.54, 1.807) is 6.07 Å². The van der Waals surface area contributed by atoms with E-state index in [0.717, 1.165) is 15.6 Å². The summed E-state index contributed by atoms with van der Waals surface area (Å²) in [6.45, 7) is 0. The number of methoxy groups -OCH3 is 1. The van der Waals surface area contributed by atoms with E-state index < -0.39 is 0 Å². The van der Waals surface area contributed by atoms with E-state index >= 15 is 0 Å². The zero-order valence-corrected chi connectivity index (χ0v) is 11.1. The molecule has 0 aliphatic carbocycles. The van der Waals surface area contributed by atoms with Crippen molar-refractivity contribution in [2.75, 3.05) is 7.11 Å². The lowest BCUT2D eigenvalue weighted by Crippen LogP contribution is -2.05. The second-order valence-corrected chi connectivity index (χ2v) is 4.45. The van der Waals surface area contributed by atoms with E-state index in [2.05, 4.69) is 20.7 Å². The molecule has 1 rings (SSSR count). The van der Waals surface area contributed by atoms with Gasteiger partial charge in [0, 0.05) is 15.4 Å². The molecular formula is C10H9BrCl2O2. The van der Waals surface area contributed by atoms with Crippen LogP contribution in [0.3, 0.4) is 0 Å². The Morgan fingerprint density at radius 2 is 2.13 bits per heavy atom. The number of hydrogen-bond acceptors (Lipinski definition) is 2. The molecule has 82 valence electrons. The Hall–Kier alpha value is -0.250. The van der Waals surface area contributed by atoms with Gasteiger partial charge in [0.15, 0.2) is 0 Å². The normalized spacial score (nSPS) is 10.1. The van der Waals surface area contributed by atoms with E-state index in [9.17, 15) is 4.79 Å². The van der Waals surface area contributed by atoms with Gasteiger partial charge in [-0.2, -0.15) is 0 Å². The number of carbonyl (C=O) groups excluding carboxylic acids is 1. The van der Waals surface area contributed by atoms with Crippen molar-refractivity contribution in [1.29, 1.82) is 0 Å². The van der Waals surface area contributed by atoms with E-state index in [0.29, 0.717) is 10.9 Å². The van der Waals surface area contributed by atoms with Crippen LogP contribution < -0.4 is 0 Å². The van der Waals surface area contributed by atoms with Gasteiger partial charge in [0.2, 0.25) is 0 Å². The van der Waals surface area contributed by atoms with Crippen molar-refractivity contribution in [3.63, 3.8) is 0 Å². The highest BCUT2D eigenvalue weighted by molar-refractivity contribution is 9.10. The molecule has 0 aliphatic rings. The largest absolute Gasteiger partial charge is 0.469 e. The SMILES string of the molecule is COC(=O)Cc1cc(Cl)c(CCl)cc1Br. The summed E-state index contributed by atoms with van der Waals surface area (Å²) >= 11 is 15.0. The zero-order valence-electron chi connectivity index (χ0n) is 8.02. The molecule has 0 bridgehead atoms. The van der Waals surface area contributed by atoms with Gasteiger partial charge in [-0.15, -0.1) is 11.6 Å². The number of ether oxygens (including phenoxy) is 1. The van der Waals surface area contributed by atoms with Crippen LogP contribution in [0.15, 0.2) is 16.6 Å². The highest BCUT2D eigenvalue weighted by Gasteiger charge is 2.10. The third-order valence-electron chi connectivity index (χ3n) is 1.92. The fourth-order valence-electron chi connectivity index (χ4n) is 1.09. The van der Waals surface area contributed by atoms with Crippen molar-refractivity contribution < 1.29 is 9.53 Å². The Morgan fingerprint density at radius 3 is 2.67 bits per heavy atom. The molecule has 1 aromatic rings. The molecular weight excluding hydrogens is 303 g/mol. The van der Waals surface area contributed by atoms with Gasteiger partial charge < -0.3 is 4.74 Å². The second-order valence-electron chi connectivity index (χ2n) is 2.92. The van der Waals surface area contributed by atoms with Gasteiger partial charge in [0.05, 0.1) is 13.5 Å². The molecule has 0 spiro atoms. The minimum absolute atomic E-state index is 0.194. The highest BCUT2D eigenvalue weighted by Crippen LogP contribution is 2.27. The summed E-state index contributed by atoms with van der Waals surface area (Å²) in [6.07, 6.45) is 0.194. The molecule has 0 amide bonds. The lowest BCUT2D eigenvalue weighted by molar-refractivity contribution is -0.139. The molecule has 15 heavy (non-hydrogen) atoms. The van der Waals surface area contributed by atoms with Gasteiger partial charge >= 0.3 is 5.97 Å². The molecule has 0 aromatic heterocycles. The summed E-state index contributed by atoms with van der Waals surface area (Å²) in [5.41, 5.74) is 1.62. The predicted octanol–water partition coefficient (Wildman–Crippen LogP) is 3.56. The first-order chi connectivity index (χ1) is 7.08. The van der Waals surface area contributed by atoms with Crippen molar-refractivity contribution in [2.24, 2.45) is 0 Å². The Labute approximate surface area is 107 Å². The topological polar surface area (TPSA) is 26.3 Å². The zero-order chi connectivity index (χ0) is 11.4. The summed E-state index contributed by atoms with van der Waals surface area (Å²) in [4.78, 5) is 11.1. The maximum Gasteiger partial charge on any atom is 0.310 e. The quantitative estimate of drug-likeness (QED) is 0.630. The maximum atomic E-state index is 11.1. The first-order valence-corrected chi connectivity index (χ1v) is 5.88. The van der Waals surface area contributed by atoms with Gasteiger partial charge in [0.1, 0.15) is 0 Å². The minimum Gasteiger partial charge on any atom is -0.469 e. The molecule has 0 atom stereocenters. The molecule has 2 nitrogen and oxygen atoms in total. The highest BCUT2D eigenvalue weighted by atomic mass is 79.9. The van der Waals surface area contributed by atoms with Gasteiger partial charge in [-0.1, -0.05) is 27.5 Å². The molecule has 1 aromatic carbocycles. The summed E-state index contributed by atoms with van der Waals surface area (Å²) in [5, 5.41) is 0.562. The first kappa shape index (κ1) is 12.8.